The Labute approximate surface area is 124 Å². The summed E-state index contributed by atoms with van der Waals surface area (Å²) in [6.45, 7) is 0.0641. The summed E-state index contributed by atoms with van der Waals surface area (Å²) in [5, 5.41) is 9.87. The molecule has 1 aliphatic rings. The van der Waals surface area contributed by atoms with Crippen LogP contribution in [0.1, 0.15) is 28.2 Å². The Morgan fingerprint density at radius 3 is 2.60 bits per heavy atom. The van der Waals surface area contributed by atoms with E-state index in [1.54, 1.807) is 0 Å². The lowest BCUT2D eigenvalue weighted by Gasteiger charge is -2.17. The van der Waals surface area contributed by atoms with Crippen molar-refractivity contribution in [3.05, 3.63) is 81.9 Å². The predicted molar refractivity (Wildman–Crippen MR) is 83.4 cm³/mol. The zero-order valence-corrected chi connectivity index (χ0v) is 12.0. The van der Waals surface area contributed by atoms with Gasteiger partial charge in [-0.2, -0.15) is 0 Å². The van der Waals surface area contributed by atoms with Crippen molar-refractivity contribution in [2.24, 2.45) is 0 Å². The highest BCUT2D eigenvalue weighted by molar-refractivity contribution is 6.30. The Balaban J connectivity index is 2.18. The monoisotopic (exact) mass is 284 g/mol. The zero-order chi connectivity index (χ0) is 13.9. The maximum Gasteiger partial charge on any atom is 0.0612 e. The van der Waals surface area contributed by atoms with Crippen LogP contribution in [0.25, 0.3) is 0 Å². The van der Waals surface area contributed by atoms with Gasteiger partial charge in [-0.3, -0.25) is 0 Å². The second-order valence-corrected chi connectivity index (χ2v) is 5.57. The van der Waals surface area contributed by atoms with Crippen LogP contribution in [0.4, 0.5) is 0 Å². The van der Waals surface area contributed by atoms with Gasteiger partial charge in [0.1, 0.15) is 0 Å². The summed E-state index contributed by atoms with van der Waals surface area (Å²) in [5.74, 6) is 0.176. The number of aliphatic hydroxyl groups is 1. The van der Waals surface area contributed by atoms with E-state index < -0.39 is 0 Å². The van der Waals surface area contributed by atoms with Crippen LogP contribution in [0, 0.1) is 0 Å². The van der Waals surface area contributed by atoms with E-state index in [1.807, 2.05) is 12.1 Å². The van der Waals surface area contributed by atoms with E-state index in [0.29, 0.717) is 0 Å². The normalized spacial score (nSPS) is 17.6. The summed E-state index contributed by atoms with van der Waals surface area (Å²) in [5.41, 5.74) is 5.30. The third-order valence-corrected chi connectivity index (χ3v) is 4.17. The van der Waals surface area contributed by atoms with Gasteiger partial charge in [0.2, 0.25) is 0 Å². The van der Waals surface area contributed by atoms with Crippen molar-refractivity contribution >= 4 is 11.6 Å². The first-order valence-corrected chi connectivity index (χ1v) is 7.31. The van der Waals surface area contributed by atoms with Gasteiger partial charge in [0.25, 0.3) is 0 Å². The molecule has 0 aromatic heterocycles. The van der Waals surface area contributed by atoms with Crippen molar-refractivity contribution in [3.63, 3.8) is 0 Å². The molecule has 102 valence electrons. The molecule has 1 nitrogen and oxygen atoms in total. The molecule has 3 rings (SSSR count). The highest BCUT2D eigenvalue weighted by atomic mass is 35.5. The Hall–Kier alpha value is -1.57. The molecule has 1 aliphatic carbocycles. The van der Waals surface area contributed by atoms with E-state index in [9.17, 15) is 0 Å². The summed E-state index contributed by atoms with van der Waals surface area (Å²) in [7, 11) is 0. The number of rotatable bonds is 2. The number of allylic oxidation sites excluding steroid dienone is 1. The van der Waals surface area contributed by atoms with Gasteiger partial charge < -0.3 is 5.11 Å². The van der Waals surface area contributed by atoms with Crippen molar-refractivity contribution in [3.8, 4) is 0 Å². The third kappa shape index (κ3) is 2.52. The summed E-state index contributed by atoms with van der Waals surface area (Å²) in [6, 6.07) is 14.7. The maximum absolute atomic E-state index is 9.10. The van der Waals surface area contributed by atoms with E-state index in [2.05, 4.69) is 42.5 Å². The number of benzene rings is 2. The summed E-state index contributed by atoms with van der Waals surface area (Å²) >= 11 is 6.18. The molecule has 1 N–H and O–H groups in total. The topological polar surface area (TPSA) is 20.2 Å². The molecule has 0 heterocycles. The van der Waals surface area contributed by atoms with Gasteiger partial charge in [-0.05, 0) is 47.2 Å². The fourth-order valence-corrected chi connectivity index (χ4v) is 3.17. The van der Waals surface area contributed by atoms with Crippen LogP contribution >= 0.6 is 11.6 Å². The lowest BCUT2D eigenvalue weighted by atomic mass is 9.88. The van der Waals surface area contributed by atoms with E-state index >= 15 is 0 Å². The minimum Gasteiger partial charge on any atom is -0.392 e. The largest absolute Gasteiger partial charge is 0.392 e. The molecule has 0 amide bonds. The van der Waals surface area contributed by atoms with Gasteiger partial charge in [0.15, 0.2) is 0 Å². The van der Waals surface area contributed by atoms with E-state index in [-0.39, 0.29) is 12.5 Å². The smallest absolute Gasteiger partial charge is 0.0612 e. The number of halogens is 1. The van der Waals surface area contributed by atoms with Crippen LogP contribution in [0.2, 0.25) is 5.02 Å². The maximum atomic E-state index is 9.10. The quantitative estimate of drug-likeness (QED) is 0.823. The van der Waals surface area contributed by atoms with Gasteiger partial charge in [-0.1, -0.05) is 54.1 Å². The Kier molecular flexibility index (Phi) is 3.90. The number of fused-ring (bicyclic) bond motifs is 2. The Morgan fingerprint density at radius 2 is 1.80 bits per heavy atom. The summed E-state index contributed by atoms with van der Waals surface area (Å²) < 4.78 is 0. The molecule has 2 aromatic rings. The molecular formula is C18H17ClO. The standard InChI is InChI=1S/C18H17ClO/c19-15-10-9-14-8-7-13-4-1-2-5-16(13)17(6-3-11-20)18(14)12-15/h1-6,9-10,12,17,20H,7-8,11H2/b6-3+. The van der Waals surface area contributed by atoms with Crippen LogP contribution in [0.15, 0.2) is 54.6 Å². The van der Waals surface area contributed by atoms with Crippen LogP contribution in [0.3, 0.4) is 0 Å². The van der Waals surface area contributed by atoms with Crippen LogP contribution in [-0.2, 0) is 12.8 Å². The number of aliphatic hydroxyl groups excluding tert-OH is 1. The van der Waals surface area contributed by atoms with Gasteiger partial charge in [0, 0.05) is 10.9 Å². The van der Waals surface area contributed by atoms with Crippen molar-refractivity contribution in [2.75, 3.05) is 6.61 Å². The second-order valence-electron chi connectivity index (χ2n) is 5.13. The fraction of sp³-hybridized carbons (Fsp3) is 0.222. The second kappa shape index (κ2) is 5.82. The van der Waals surface area contributed by atoms with Crippen molar-refractivity contribution in [1.29, 1.82) is 0 Å². The molecule has 0 saturated carbocycles. The van der Waals surface area contributed by atoms with E-state index in [4.69, 9.17) is 16.7 Å². The summed E-state index contributed by atoms with van der Waals surface area (Å²) in [6.07, 6.45) is 5.98. The Morgan fingerprint density at radius 1 is 1.05 bits per heavy atom. The fourth-order valence-electron chi connectivity index (χ4n) is 2.99. The SMILES string of the molecule is OC/C=C/C1c2ccccc2CCc2ccc(Cl)cc21. The number of aryl methyl sites for hydroxylation is 2. The molecule has 1 atom stereocenters. The average molecular weight is 285 g/mol. The molecule has 2 heteroatoms. The first-order chi connectivity index (χ1) is 9.79. The van der Waals surface area contributed by atoms with Crippen LogP contribution in [0.5, 0.6) is 0 Å². The number of hydrogen-bond acceptors (Lipinski definition) is 1. The summed E-state index contributed by atoms with van der Waals surface area (Å²) in [4.78, 5) is 0. The molecule has 1 unspecified atom stereocenters. The highest BCUT2D eigenvalue weighted by Gasteiger charge is 2.21. The first-order valence-electron chi connectivity index (χ1n) is 6.93. The lowest BCUT2D eigenvalue weighted by molar-refractivity contribution is 0.342. The van der Waals surface area contributed by atoms with E-state index in [0.717, 1.165) is 17.9 Å². The van der Waals surface area contributed by atoms with Gasteiger partial charge >= 0.3 is 0 Å². The number of hydrogen-bond donors (Lipinski definition) is 1. The average Bonchev–Trinajstić information content (AvgIpc) is 2.62. The molecule has 20 heavy (non-hydrogen) atoms. The zero-order valence-electron chi connectivity index (χ0n) is 11.2. The van der Waals surface area contributed by atoms with Crippen molar-refractivity contribution in [1.82, 2.24) is 0 Å². The molecule has 0 radical (unpaired) electrons. The van der Waals surface area contributed by atoms with Gasteiger partial charge in [0.05, 0.1) is 6.61 Å². The van der Waals surface area contributed by atoms with Crippen molar-refractivity contribution in [2.45, 2.75) is 18.8 Å². The van der Waals surface area contributed by atoms with E-state index in [1.165, 1.54) is 22.3 Å². The third-order valence-electron chi connectivity index (χ3n) is 3.93. The molecule has 0 spiro atoms. The molecule has 0 bridgehead atoms. The van der Waals surface area contributed by atoms with Gasteiger partial charge in [-0.25, -0.2) is 0 Å². The predicted octanol–water partition coefficient (Wildman–Crippen LogP) is 4.12. The first kappa shape index (κ1) is 13.4. The molecule has 0 fully saturated rings. The Bertz CT molecular complexity index is 646. The minimum atomic E-state index is 0.0641. The minimum absolute atomic E-state index is 0.0641. The molecular weight excluding hydrogens is 268 g/mol. The van der Waals surface area contributed by atoms with Crippen LogP contribution in [-0.4, -0.2) is 11.7 Å². The lowest BCUT2D eigenvalue weighted by Crippen LogP contribution is -2.01. The molecule has 0 aliphatic heterocycles. The molecule has 2 aromatic carbocycles. The van der Waals surface area contributed by atoms with Crippen molar-refractivity contribution < 1.29 is 5.11 Å². The van der Waals surface area contributed by atoms with Gasteiger partial charge in [-0.15, -0.1) is 0 Å². The molecule has 0 saturated heterocycles. The van der Waals surface area contributed by atoms with Crippen LogP contribution < -0.4 is 0 Å². The highest BCUT2D eigenvalue weighted by Crippen LogP contribution is 2.36.